The van der Waals surface area contributed by atoms with Crippen LogP contribution in [-0.4, -0.2) is 11.7 Å². The molecule has 0 saturated carbocycles. The summed E-state index contributed by atoms with van der Waals surface area (Å²) in [7, 11) is 0. The van der Waals surface area contributed by atoms with Gasteiger partial charge in [-0.2, -0.15) is 0 Å². The third-order valence-corrected chi connectivity index (χ3v) is 3.08. The minimum absolute atomic E-state index is 0.235. The van der Waals surface area contributed by atoms with E-state index in [4.69, 9.17) is 11.6 Å². The fourth-order valence-electron chi connectivity index (χ4n) is 1.71. The van der Waals surface area contributed by atoms with Crippen LogP contribution in [-0.2, 0) is 11.3 Å². The Labute approximate surface area is 128 Å². The number of amides is 1. The molecule has 0 spiro atoms. The number of nitrogens with one attached hydrogen (secondary N) is 1. The first-order chi connectivity index (χ1) is 10.1. The van der Waals surface area contributed by atoms with Gasteiger partial charge in [0, 0.05) is 23.2 Å². The molecular weight excluding hydrogens is 286 g/mol. The third kappa shape index (κ3) is 4.89. The minimum Gasteiger partial charge on any atom is -0.348 e. The Morgan fingerprint density at radius 2 is 1.62 bits per heavy atom. The topological polar surface area (TPSA) is 46.2 Å². The SMILES string of the molecule is O=C(/C=C/C(=O)c1ccc(Cl)cc1)NCc1ccccc1. The van der Waals surface area contributed by atoms with Crippen LogP contribution in [0.25, 0.3) is 0 Å². The third-order valence-electron chi connectivity index (χ3n) is 2.82. The fraction of sp³-hybridized carbons (Fsp3) is 0.0588. The summed E-state index contributed by atoms with van der Waals surface area (Å²) in [5.74, 6) is -0.539. The van der Waals surface area contributed by atoms with Crippen LogP contribution in [0, 0.1) is 0 Å². The largest absolute Gasteiger partial charge is 0.348 e. The summed E-state index contributed by atoms with van der Waals surface area (Å²) < 4.78 is 0. The van der Waals surface area contributed by atoms with Crippen molar-refractivity contribution in [1.82, 2.24) is 5.32 Å². The van der Waals surface area contributed by atoms with E-state index in [1.807, 2.05) is 30.3 Å². The average Bonchev–Trinajstić information content (AvgIpc) is 2.52. The van der Waals surface area contributed by atoms with E-state index in [1.165, 1.54) is 12.2 Å². The molecule has 1 N–H and O–H groups in total. The van der Waals surface area contributed by atoms with Gasteiger partial charge < -0.3 is 5.32 Å². The highest BCUT2D eigenvalue weighted by atomic mass is 35.5. The molecule has 4 heteroatoms. The zero-order chi connectivity index (χ0) is 15.1. The van der Waals surface area contributed by atoms with E-state index in [9.17, 15) is 9.59 Å². The van der Waals surface area contributed by atoms with Crippen LogP contribution in [0.1, 0.15) is 15.9 Å². The van der Waals surface area contributed by atoms with Crippen LogP contribution in [0.3, 0.4) is 0 Å². The van der Waals surface area contributed by atoms with E-state index in [0.29, 0.717) is 17.1 Å². The van der Waals surface area contributed by atoms with Crippen LogP contribution in [0.5, 0.6) is 0 Å². The first-order valence-electron chi connectivity index (χ1n) is 6.45. The average molecular weight is 300 g/mol. The normalized spacial score (nSPS) is 10.5. The van der Waals surface area contributed by atoms with Gasteiger partial charge in [0.25, 0.3) is 0 Å². The number of hydrogen-bond donors (Lipinski definition) is 1. The number of carbonyl (C=O) groups excluding carboxylic acids is 2. The quantitative estimate of drug-likeness (QED) is 0.679. The number of ketones is 1. The van der Waals surface area contributed by atoms with Crippen molar-refractivity contribution in [2.75, 3.05) is 0 Å². The van der Waals surface area contributed by atoms with Gasteiger partial charge in [-0.15, -0.1) is 0 Å². The second kappa shape index (κ2) is 7.41. The van der Waals surface area contributed by atoms with Crippen LogP contribution in [0.15, 0.2) is 66.7 Å². The van der Waals surface area contributed by atoms with E-state index in [2.05, 4.69) is 5.32 Å². The Kier molecular flexibility index (Phi) is 5.29. The maximum atomic E-state index is 11.8. The number of carbonyl (C=O) groups is 2. The molecule has 106 valence electrons. The van der Waals surface area contributed by atoms with Gasteiger partial charge >= 0.3 is 0 Å². The summed E-state index contributed by atoms with van der Waals surface area (Å²) in [5, 5.41) is 3.28. The number of allylic oxidation sites excluding steroid dienone is 1. The van der Waals surface area contributed by atoms with E-state index in [0.717, 1.165) is 5.56 Å². The van der Waals surface area contributed by atoms with Crippen molar-refractivity contribution in [2.45, 2.75) is 6.54 Å². The molecule has 0 saturated heterocycles. The predicted octanol–water partition coefficient (Wildman–Crippen LogP) is 3.40. The van der Waals surface area contributed by atoms with Gasteiger partial charge in [0.05, 0.1) is 0 Å². The van der Waals surface area contributed by atoms with Gasteiger partial charge in [-0.05, 0) is 35.9 Å². The van der Waals surface area contributed by atoms with Crippen molar-refractivity contribution >= 4 is 23.3 Å². The predicted molar refractivity (Wildman–Crippen MR) is 83.2 cm³/mol. The lowest BCUT2D eigenvalue weighted by atomic mass is 10.1. The molecule has 0 aliphatic heterocycles. The molecule has 0 radical (unpaired) electrons. The molecular formula is C17H14ClNO2. The lowest BCUT2D eigenvalue weighted by Crippen LogP contribution is -2.20. The summed E-state index contributed by atoms with van der Waals surface area (Å²) >= 11 is 5.75. The Morgan fingerprint density at radius 3 is 2.29 bits per heavy atom. The van der Waals surface area contributed by atoms with Crippen molar-refractivity contribution in [3.63, 3.8) is 0 Å². The first kappa shape index (κ1) is 15.0. The van der Waals surface area contributed by atoms with Gasteiger partial charge in [-0.3, -0.25) is 9.59 Å². The first-order valence-corrected chi connectivity index (χ1v) is 6.83. The zero-order valence-corrected chi connectivity index (χ0v) is 12.0. The smallest absolute Gasteiger partial charge is 0.244 e. The molecule has 0 heterocycles. The van der Waals surface area contributed by atoms with E-state index in [-0.39, 0.29) is 11.7 Å². The van der Waals surface area contributed by atoms with Crippen molar-refractivity contribution in [2.24, 2.45) is 0 Å². The summed E-state index contributed by atoms with van der Waals surface area (Å²) in [6, 6.07) is 16.1. The minimum atomic E-state index is -0.304. The molecule has 2 rings (SSSR count). The highest BCUT2D eigenvalue weighted by molar-refractivity contribution is 6.30. The molecule has 1 amide bonds. The molecule has 3 nitrogen and oxygen atoms in total. The van der Waals surface area contributed by atoms with Crippen LogP contribution in [0.4, 0.5) is 0 Å². The molecule has 0 bridgehead atoms. The summed E-state index contributed by atoms with van der Waals surface area (Å²) in [6.07, 6.45) is 2.49. The molecule has 0 aliphatic rings. The van der Waals surface area contributed by atoms with Crippen molar-refractivity contribution in [1.29, 1.82) is 0 Å². The second-order valence-corrected chi connectivity index (χ2v) is 4.84. The molecule has 0 aromatic heterocycles. The Hall–Kier alpha value is -2.39. The lowest BCUT2D eigenvalue weighted by Gasteiger charge is -2.01. The highest BCUT2D eigenvalue weighted by Gasteiger charge is 2.02. The van der Waals surface area contributed by atoms with Crippen LogP contribution >= 0.6 is 11.6 Å². The van der Waals surface area contributed by atoms with Crippen molar-refractivity contribution in [3.05, 3.63) is 82.9 Å². The van der Waals surface area contributed by atoms with Crippen molar-refractivity contribution in [3.8, 4) is 0 Å². The number of hydrogen-bond acceptors (Lipinski definition) is 2. The number of halogens is 1. The van der Waals surface area contributed by atoms with Crippen LogP contribution < -0.4 is 5.32 Å². The van der Waals surface area contributed by atoms with E-state index in [1.54, 1.807) is 24.3 Å². The Balaban J connectivity index is 1.87. The zero-order valence-electron chi connectivity index (χ0n) is 11.3. The molecule has 2 aromatic carbocycles. The van der Waals surface area contributed by atoms with Gasteiger partial charge in [0.1, 0.15) is 0 Å². The van der Waals surface area contributed by atoms with Gasteiger partial charge in [-0.25, -0.2) is 0 Å². The molecule has 0 fully saturated rings. The van der Waals surface area contributed by atoms with E-state index < -0.39 is 0 Å². The molecule has 0 aliphatic carbocycles. The Morgan fingerprint density at radius 1 is 0.952 bits per heavy atom. The lowest BCUT2D eigenvalue weighted by molar-refractivity contribution is -0.116. The number of benzene rings is 2. The molecule has 21 heavy (non-hydrogen) atoms. The molecule has 0 unspecified atom stereocenters. The van der Waals surface area contributed by atoms with Gasteiger partial charge in [-0.1, -0.05) is 41.9 Å². The van der Waals surface area contributed by atoms with Crippen LogP contribution in [0.2, 0.25) is 5.02 Å². The standard InChI is InChI=1S/C17H14ClNO2/c18-15-8-6-14(7-9-15)16(20)10-11-17(21)19-12-13-4-2-1-3-5-13/h1-11H,12H2,(H,19,21)/b11-10+. The van der Waals surface area contributed by atoms with E-state index >= 15 is 0 Å². The monoisotopic (exact) mass is 299 g/mol. The number of rotatable bonds is 5. The molecule has 0 atom stereocenters. The van der Waals surface area contributed by atoms with Gasteiger partial charge in [0.2, 0.25) is 5.91 Å². The maximum Gasteiger partial charge on any atom is 0.244 e. The Bertz CT molecular complexity index is 648. The summed E-state index contributed by atoms with van der Waals surface area (Å²) in [5.41, 5.74) is 1.50. The van der Waals surface area contributed by atoms with Crippen molar-refractivity contribution < 1.29 is 9.59 Å². The van der Waals surface area contributed by atoms with Gasteiger partial charge in [0.15, 0.2) is 5.78 Å². The fourth-order valence-corrected chi connectivity index (χ4v) is 1.83. The summed E-state index contributed by atoms with van der Waals surface area (Å²) in [4.78, 5) is 23.5. The molecule has 2 aromatic rings. The second-order valence-electron chi connectivity index (χ2n) is 4.41. The summed E-state index contributed by atoms with van der Waals surface area (Å²) in [6.45, 7) is 0.430. The highest BCUT2D eigenvalue weighted by Crippen LogP contribution is 2.10. The maximum absolute atomic E-state index is 11.8.